The molecule has 0 aromatic heterocycles. The first-order chi connectivity index (χ1) is 15.0. The fourth-order valence-corrected chi connectivity index (χ4v) is 3.77. The maximum Gasteiger partial charge on any atom is 0.263 e. The number of rotatable bonds is 7. The number of nitrogens with zero attached hydrogens (tertiary/aromatic N) is 2. The molecule has 2 aromatic carbocycles. The van der Waals surface area contributed by atoms with Gasteiger partial charge in [-0.15, -0.1) is 0 Å². The van der Waals surface area contributed by atoms with Gasteiger partial charge < -0.3 is 20.9 Å². The lowest BCUT2D eigenvalue weighted by molar-refractivity contribution is -0.149. The normalized spacial score (nSPS) is 16.1. The molecule has 1 aliphatic rings. The predicted octanol–water partition coefficient (Wildman–Crippen LogP) is 1.70. The molecule has 3 rings (SSSR count). The highest BCUT2D eigenvalue weighted by Gasteiger charge is 2.40. The van der Waals surface area contributed by atoms with Crippen LogP contribution in [0.1, 0.15) is 34.3 Å². The summed E-state index contributed by atoms with van der Waals surface area (Å²) in [4.78, 5) is 42.3. The van der Waals surface area contributed by atoms with Crippen molar-refractivity contribution < 1.29 is 14.4 Å². The number of hydrogen-bond donors (Lipinski definition) is 2. The Morgan fingerprint density at radius 3 is 2.35 bits per heavy atom. The van der Waals surface area contributed by atoms with Gasteiger partial charge in [-0.05, 0) is 37.5 Å². The molecular formula is C24H30N4O3. The zero-order valence-electron chi connectivity index (χ0n) is 17.9. The van der Waals surface area contributed by atoms with Crippen molar-refractivity contribution >= 4 is 17.7 Å². The van der Waals surface area contributed by atoms with E-state index in [0.29, 0.717) is 31.5 Å². The summed E-state index contributed by atoms with van der Waals surface area (Å²) in [5.41, 5.74) is 8.14. The minimum Gasteiger partial charge on any atom is -0.351 e. The fourth-order valence-electron chi connectivity index (χ4n) is 3.77. The molecule has 0 aliphatic carbocycles. The summed E-state index contributed by atoms with van der Waals surface area (Å²) < 4.78 is 0. The van der Waals surface area contributed by atoms with Gasteiger partial charge in [-0.1, -0.05) is 48.0 Å². The van der Waals surface area contributed by atoms with Gasteiger partial charge in [-0.3, -0.25) is 14.4 Å². The Morgan fingerprint density at radius 2 is 1.68 bits per heavy atom. The van der Waals surface area contributed by atoms with Gasteiger partial charge in [0.2, 0.25) is 5.91 Å². The summed E-state index contributed by atoms with van der Waals surface area (Å²) in [5, 5.41) is 2.75. The standard InChI is InChI=1S/C24H30N4O3/c1-18-8-11-20(12-9-18)24(31)28-17-5-16-27(23(28)22(30)26-15-14-25)21(29)13-10-19-6-3-2-4-7-19/h2-4,6-9,11-12,23H,5,10,13-17,25H2,1H3,(H,26,30). The molecule has 2 aromatic rings. The second kappa shape index (κ2) is 10.7. The van der Waals surface area contributed by atoms with Crippen LogP contribution in [-0.2, 0) is 16.0 Å². The van der Waals surface area contributed by atoms with Crippen molar-refractivity contribution in [2.24, 2.45) is 5.73 Å². The van der Waals surface area contributed by atoms with Crippen LogP contribution in [0.4, 0.5) is 0 Å². The van der Waals surface area contributed by atoms with E-state index < -0.39 is 6.17 Å². The minimum absolute atomic E-state index is 0.141. The van der Waals surface area contributed by atoms with Crippen molar-refractivity contribution in [3.05, 3.63) is 71.3 Å². The summed E-state index contributed by atoms with van der Waals surface area (Å²) in [5.74, 6) is -0.773. The molecule has 1 aliphatic heterocycles. The van der Waals surface area contributed by atoms with Crippen molar-refractivity contribution in [2.45, 2.75) is 32.4 Å². The van der Waals surface area contributed by atoms with E-state index in [2.05, 4.69) is 5.32 Å². The van der Waals surface area contributed by atoms with E-state index in [9.17, 15) is 14.4 Å². The lowest BCUT2D eigenvalue weighted by Crippen LogP contribution is -2.63. The molecule has 1 fully saturated rings. The van der Waals surface area contributed by atoms with Crippen molar-refractivity contribution in [1.82, 2.24) is 15.1 Å². The van der Waals surface area contributed by atoms with Gasteiger partial charge >= 0.3 is 0 Å². The zero-order chi connectivity index (χ0) is 22.2. The molecule has 3 N–H and O–H groups in total. The zero-order valence-corrected chi connectivity index (χ0v) is 17.9. The number of aryl methyl sites for hydroxylation is 2. The Hall–Kier alpha value is -3.19. The Labute approximate surface area is 183 Å². The van der Waals surface area contributed by atoms with Gasteiger partial charge in [0, 0.05) is 38.2 Å². The Balaban J connectivity index is 1.80. The summed E-state index contributed by atoms with van der Waals surface area (Å²) in [6.07, 6.45) is 0.503. The Bertz CT molecular complexity index is 899. The van der Waals surface area contributed by atoms with E-state index in [1.54, 1.807) is 12.1 Å². The molecule has 0 saturated carbocycles. The van der Waals surface area contributed by atoms with E-state index >= 15 is 0 Å². The van der Waals surface area contributed by atoms with Crippen LogP contribution in [0.3, 0.4) is 0 Å². The van der Waals surface area contributed by atoms with Gasteiger partial charge in [0.1, 0.15) is 0 Å². The molecule has 7 nitrogen and oxygen atoms in total. The second-order valence-electron chi connectivity index (χ2n) is 7.74. The van der Waals surface area contributed by atoms with Crippen LogP contribution in [0.2, 0.25) is 0 Å². The molecule has 1 atom stereocenters. The first-order valence-electron chi connectivity index (χ1n) is 10.7. The van der Waals surface area contributed by atoms with Crippen LogP contribution in [0.25, 0.3) is 0 Å². The van der Waals surface area contributed by atoms with Crippen molar-refractivity contribution in [2.75, 3.05) is 26.2 Å². The highest BCUT2D eigenvalue weighted by Crippen LogP contribution is 2.20. The van der Waals surface area contributed by atoms with Gasteiger partial charge in [0.25, 0.3) is 11.8 Å². The Morgan fingerprint density at radius 1 is 1.00 bits per heavy atom. The molecule has 1 saturated heterocycles. The second-order valence-corrected chi connectivity index (χ2v) is 7.74. The monoisotopic (exact) mass is 422 g/mol. The SMILES string of the molecule is Cc1ccc(C(=O)N2CCCN(C(=O)CCc3ccccc3)C2C(=O)NCCN)cc1. The number of carbonyl (C=O) groups excluding carboxylic acids is 3. The van der Waals surface area contributed by atoms with Crippen LogP contribution in [-0.4, -0.2) is 59.9 Å². The number of nitrogens with two attached hydrogens (primary N) is 1. The average molecular weight is 423 g/mol. The Kier molecular flexibility index (Phi) is 7.78. The molecule has 7 heteroatoms. The van der Waals surface area contributed by atoms with Crippen LogP contribution in [0.15, 0.2) is 54.6 Å². The van der Waals surface area contributed by atoms with Crippen molar-refractivity contribution in [1.29, 1.82) is 0 Å². The average Bonchev–Trinajstić information content (AvgIpc) is 2.81. The molecule has 164 valence electrons. The summed E-state index contributed by atoms with van der Waals surface area (Å²) in [7, 11) is 0. The number of hydrogen-bond acceptors (Lipinski definition) is 4. The minimum atomic E-state index is -0.975. The first-order valence-corrected chi connectivity index (χ1v) is 10.7. The molecular weight excluding hydrogens is 392 g/mol. The van der Waals surface area contributed by atoms with Gasteiger partial charge in [0.05, 0.1) is 0 Å². The number of benzene rings is 2. The highest BCUT2D eigenvalue weighted by molar-refractivity contribution is 5.98. The van der Waals surface area contributed by atoms with E-state index in [1.807, 2.05) is 49.4 Å². The maximum atomic E-state index is 13.2. The molecule has 0 bridgehead atoms. The summed E-state index contributed by atoms with van der Waals surface area (Å²) >= 11 is 0. The fraction of sp³-hybridized carbons (Fsp3) is 0.375. The molecule has 0 spiro atoms. The van der Waals surface area contributed by atoms with Gasteiger partial charge in [0.15, 0.2) is 6.17 Å². The number of nitrogens with one attached hydrogen (secondary N) is 1. The van der Waals surface area contributed by atoms with Gasteiger partial charge in [-0.25, -0.2) is 0 Å². The van der Waals surface area contributed by atoms with Crippen molar-refractivity contribution in [3.63, 3.8) is 0 Å². The third-order valence-corrected chi connectivity index (χ3v) is 5.42. The third-order valence-electron chi connectivity index (χ3n) is 5.42. The lowest BCUT2D eigenvalue weighted by Gasteiger charge is -2.42. The van der Waals surface area contributed by atoms with E-state index in [0.717, 1.165) is 11.1 Å². The van der Waals surface area contributed by atoms with Crippen LogP contribution in [0, 0.1) is 6.92 Å². The highest BCUT2D eigenvalue weighted by atomic mass is 16.2. The number of amides is 3. The molecule has 1 unspecified atom stereocenters. The summed E-state index contributed by atoms with van der Waals surface area (Å²) in [6.45, 7) is 3.37. The number of carbonyl (C=O) groups is 3. The van der Waals surface area contributed by atoms with Crippen LogP contribution >= 0.6 is 0 Å². The van der Waals surface area contributed by atoms with Crippen molar-refractivity contribution in [3.8, 4) is 0 Å². The van der Waals surface area contributed by atoms with Crippen LogP contribution < -0.4 is 11.1 Å². The lowest BCUT2D eigenvalue weighted by atomic mass is 10.1. The van der Waals surface area contributed by atoms with Crippen LogP contribution in [0.5, 0.6) is 0 Å². The van der Waals surface area contributed by atoms with E-state index in [1.165, 1.54) is 9.80 Å². The molecule has 0 radical (unpaired) electrons. The predicted molar refractivity (Wildman–Crippen MR) is 119 cm³/mol. The molecule has 1 heterocycles. The maximum absolute atomic E-state index is 13.2. The molecule has 31 heavy (non-hydrogen) atoms. The quantitative estimate of drug-likeness (QED) is 0.710. The molecule has 3 amide bonds. The largest absolute Gasteiger partial charge is 0.351 e. The topological polar surface area (TPSA) is 95.7 Å². The first kappa shape index (κ1) is 22.5. The third kappa shape index (κ3) is 5.70. The van der Waals surface area contributed by atoms with E-state index in [4.69, 9.17) is 5.73 Å². The van der Waals surface area contributed by atoms with E-state index in [-0.39, 0.29) is 37.2 Å². The van der Waals surface area contributed by atoms with Gasteiger partial charge in [-0.2, -0.15) is 0 Å². The smallest absolute Gasteiger partial charge is 0.263 e. The summed E-state index contributed by atoms with van der Waals surface area (Å²) in [6, 6.07) is 17.0.